The molecule has 3 heteroatoms. The Balaban J connectivity index is 3.00. The predicted molar refractivity (Wildman–Crippen MR) is 43.8 cm³/mol. The molecular formula is C9H12NO2-. The Hall–Kier alpha value is -1.25. The fourth-order valence-corrected chi connectivity index (χ4v) is 0.945. The molecule has 0 spiro atoms. The van der Waals surface area contributed by atoms with E-state index in [-0.39, 0.29) is 11.1 Å². The number of aromatic carboxylic acids is 1. The number of rotatable bonds is 1. The number of hydrogen-bond acceptors (Lipinski definition) is 2. The van der Waals surface area contributed by atoms with E-state index in [0.717, 1.165) is 5.56 Å². The van der Waals surface area contributed by atoms with Gasteiger partial charge in [0.15, 0.2) is 0 Å². The van der Waals surface area contributed by atoms with Crippen molar-refractivity contribution in [2.75, 3.05) is 0 Å². The van der Waals surface area contributed by atoms with Gasteiger partial charge in [-0.3, -0.25) is 0 Å². The third-order valence-electron chi connectivity index (χ3n) is 1.77. The molecule has 0 unspecified atom stereocenters. The lowest BCUT2D eigenvalue weighted by molar-refractivity contribution is -0.255. The topological polar surface area (TPSA) is 55.9 Å². The van der Waals surface area contributed by atoms with Crippen LogP contribution in [-0.2, 0) is 5.41 Å². The zero-order valence-electron chi connectivity index (χ0n) is 7.47. The van der Waals surface area contributed by atoms with Crippen molar-refractivity contribution < 1.29 is 9.90 Å². The number of aromatic amines is 1. The highest BCUT2D eigenvalue weighted by Crippen LogP contribution is 2.22. The monoisotopic (exact) mass is 166 g/mol. The summed E-state index contributed by atoms with van der Waals surface area (Å²) >= 11 is 0. The van der Waals surface area contributed by atoms with Gasteiger partial charge in [0.2, 0.25) is 0 Å². The second kappa shape index (κ2) is 2.66. The molecule has 1 aromatic heterocycles. The van der Waals surface area contributed by atoms with E-state index < -0.39 is 5.97 Å². The summed E-state index contributed by atoms with van der Waals surface area (Å²) in [6, 6.07) is 1.61. The lowest BCUT2D eigenvalue weighted by atomic mass is 9.89. The summed E-state index contributed by atoms with van der Waals surface area (Å²) < 4.78 is 0. The first kappa shape index (κ1) is 8.84. The van der Waals surface area contributed by atoms with Gasteiger partial charge in [-0.25, -0.2) is 0 Å². The van der Waals surface area contributed by atoms with Crippen LogP contribution in [0.5, 0.6) is 0 Å². The number of H-pyrrole nitrogens is 1. The third-order valence-corrected chi connectivity index (χ3v) is 1.77. The van der Waals surface area contributed by atoms with Crippen LogP contribution in [-0.4, -0.2) is 11.0 Å². The molecule has 1 heterocycles. The predicted octanol–water partition coefficient (Wildman–Crippen LogP) is 0.676. The lowest BCUT2D eigenvalue weighted by Gasteiger charge is -2.15. The van der Waals surface area contributed by atoms with Gasteiger partial charge >= 0.3 is 0 Å². The van der Waals surface area contributed by atoms with Crippen LogP contribution in [0.2, 0.25) is 0 Å². The molecule has 0 aliphatic heterocycles. The van der Waals surface area contributed by atoms with Crippen molar-refractivity contribution in [3.05, 3.63) is 23.5 Å². The van der Waals surface area contributed by atoms with E-state index in [9.17, 15) is 9.90 Å². The SMILES string of the molecule is CC(C)(C)c1c[nH]c(C(=O)[O-])c1. The van der Waals surface area contributed by atoms with Crippen LogP contribution < -0.4 is 5.11 Å². The van der Waals surface area contributed by atoms with Crippen molar-refractivity contribution in [1.29, 1.82) is 0 Å². The second-order valence-corrected chi connectivity index (χ2v) is 3.84. The van der Waals surface area contributed by atoms with Crippen molar-refractivity contribution in [3.63, 3.8) is 0 Å². The quantitative estimate of drug-likeness (QED) is 0.666. The average Bonchev–Trinajstić information content (AvgIpc) is 2.30. The van der Waals surface area contributed by atoms with Crippen LogP contribution in [0.3, 0.4) is 0 Å². The Bertz CT molecular complexity index is 294. The molecule has 12 heavy (non-hydrogen) atoms. The van der Waals surface area contributed by atoms with Crippen LogP contribution in [0.15, 0.2) is 12.3 Å². The standard InChI is InChI=1S/C9H13NO2/c1-9(2,3)6-4-7(8(11)12)10-5-6/h4-5,10H,1-3H3,(H,11,12)/p-1. The third kappa shape index (κ3) is 1.67. The average molecular weight is 166 g/mol. The molecule has 0 aliphatic carbocycles. The second-order valence-electron chi connectivity index (χ2n) is 3.84. The number of carbonyl (C=O) groups excluding carboxylic acids is 1. The summed E-state index contributed by atoms with van der Waals surface area (Å²) in [5, 5.41) is 10.4. The van der Waals surface area contributed by atoms with Gasteiger partial charge in [0.05, 0.1) is 11.7 Å². The van der Waals surface area contributed by atoms with E-state index in [4.69, 9.17) is 0 Å². The number of carboxylic acid groups (broad SMARTS) is 1. The minimum atomic E-state index is -1.16. The molecule has 0 saturated carbocycles. The highest BCUT2D eigenvalue weighted by molar-refractivity contribution is 5.83. The molecule has 0 amide bonds. The van der Waals surface area contributed by atoms with Crippen molar-refractivity contribution in [3.8, 4) is 0 Å². The fourth-order valence-electron chi connectivity index (χ4n) is 0.945. The molecule has 0 saturated heterocycles. The molecule has 0 bridgehead atoms. The molecule has 0 atom stereocenters. The van der Waals surface area contributed by atoms with Crippen LogP contribution in [0.4, 0.5) is 0 Å². The Labute approximate surface area is 71.4 Å². The van der Waals surface area contributed by atoms with E-state index in [1.807, 2.05) is 20.8 Å². The number of carbonyl (C=O) groups is 1. The first-order chi connectivity index (χ1) is 5.41. The molecule has 0 fully saturated rings. The van der Waals surface area contributed by atoms with Crippen LogP contribution in [0, 0.1) is 0 Å². The van der Waals surface area contributed by atoms with Crippen molar-refractivity contribution >= 4 is 5.97 Å². The Morgan fingerprint density at radius 2 is 2.08 bits per heavy atom. The number of aromatic nitrogens is 1. The minimum Gasteiger partial charge on any atom is -0.543 e. The number of carboxylic acids is 1. The van der Waals surface area contributed by atoms with Crippen molar-refractivity contribution in [2.45, 2.75) is 26.2 Å². The van der Waals surface area contributed by atoms with E-state index in [1.165, 1.54) is 0 Å². The maximum atomic E-state index is 10.4. The van der Waals surface area contributed by atoms with Crippen molar-refractivity contribution in [2.24, 2.45) is 0 Å². The van der Waals surface area contributed by atoms with Crippen LogP contribution >= 0.6 is 0 Å². The minimum absolute atomic E-state index is 0.0236. The van der Waals surface area contributed by atoms with Gasteiger partial charge in [0.25, 0.3) is 0 Å². The molecule has 0 radical (unpaired) electrons. The summed E-state index contributed by atoms with van der Waals surface area (Å²) in [4.78, 5) is 13.0. The van der Waals surface area contributed by atoms with Crippen molar-refractivity contribution in [1.82, 2.24) is 4.98 Å². The fraction of sp³-hybridized carbons (Fsp3) is 0.444. The van der Waals surface area contributed by atoms with Gasteiger partial charge in [0.1, 0.15) is 0 Å². The summed E-state index contributed by atoms with van der Waals surface area (Å²) in [5.41, 5.74) is 1.09. The van der Waals surface area contributed by atoms with Gasteiger partial charge in [-0.05, 0) is 17.0 Å². The first-order valence-corrected chi connectivity index (χ1v) is 3.81. The van der Waals surface area contributed by atoms with Gasteiger partial charge in [-0.1, -0.05) is 20.8 Å². The first-order valence-electron chi connectivity index (χ1n) is 3.81. The lowest BCUT2D eigenvalue weighted by Crippen LogP contribution is -2.22. The van der Waals surface area contributed by atoms with Gasteiger partial charge in [0, 0.05) is 6.20 Å². The molecule has 0 aromatic carbocycles. The molecule has 1 rings (SSSR count). The number of nitrogens with one attached hydrogen (secondary N) is 1. The van der Waals surface area contributed by atoms with Crippen LogP contribution in [0.25, 0.3) is 0 Å². The smallest absolute Gasteiger partial charge is 0.0878 e. The largest absolute Gasteiger partial charge is 0.543 e. The zero-order valence-corrected chi connectivity index (χ0v) is 7.47. The summed E-state index contributed by atoms with van der Waals surface area (Å²) in [7, 11) is 0. The Morgan fingerprint density at radius 3 is 2.33 bits per heavy atom. The Kier molecular flexibility index (Phi) is 1.96. The summed E-state index contributed by atoms with van der Waals surface area (Å²) in [5.74, 6) is -1.16. The molecule has 0 aliphatic rings. The Morgan fingerprint density at radius 1 is 1.50 bits per heavy atom. The van der Waals surface area contributed by atoms with E-state index in [1.54, 1.807) is 12.3 Å². The van der Waals surface area contributed by atoms with E-state index >= 15 is 0 Å². The normalized spacial score (nSPS) is 11.6. The van der Waals surface area contributed by atoms with Gasteiger partial charge in [-0.15, -0.1) is 0 Å². The molecule has 3 nitrogen and oxygen atoms in total. The summed E-state index contributed by atoms with van der Waals surface area (Å²) in [6.45, 7) is 6.07. The zero-order chi connectivity index (χ0) is 9.35. The molecule has 1 aromatic rings. The molecular weight excluding hydrogens is 154 g/mol. The number of hydrogen-bond donors (Lipinski definition) is 1. The molecule has 1 N–H and O–H groups in total. The van der Waals surface area contributed by atoms with Gasteiger partial charge < -0.3 is 14.9 Å². The highest BCUT2D eigenvalue weighted by atomic mass is 16.4. The van der Waals surface area contributed by atoms with E-state index in [0.29, 0.717) is 0 Å². The highest BCUT2D eigenvalue weighted by Gasteiger charge is 2.15. The maximum absolute atomic E-state index is 10.4. The van der Waals surface area contributed by atoms with Gasteiger partial charge in [-0.2, -0.15) is 0 Å². The summed E-state index contributed by atoms with van der Waals surface area (Å²) in [6.07, 6.45) is 1.70. The molecule has 66 valence electrons. The maximum Gasteiger partial charge on any atom is 0.0878 e. The van der Waals surface area contributed by atoms with Crippen LogP contribution in [0.1, 0.15) is 36.8 Å². The van der Waals surface area contributed by atoms with E-state index in [2.05, 4.69) is 4.98 Å².